The molecule has 0 aliphatic heterocycles. The molecule has 10 nitrogen and oxygen atoms in total. The number of carbonyl (C=O) groups is 1. The van der Waals surface area contributed by atoms with Gasteiger partial charge in [0, 0.05) is 30.2 Å². The number of hydrogen-bond donors (Lipinski definition) is 4. The monoisotopic (exact) mass is 393 g/mol. The van der Waals surface area contributed by atoms with E-state index in [9.17, 15) is 4.79 Å². The minimum absolute atomic E-state index is 0.0327. The molecule has 2 heterocycles. The Hall–Kier alpha value is -3.53. The Balaban J connectivity index is 1.60. The van der Waals surface area contributed by atoms with Crippen molar-refractivity contribution >= 4 is 23.4 Å². The molecule has 0 spiro atoms. The van der Waals surface area contributed by atoms with Gasteiger partial charge in [0.1, 0.15) is 0 Å². The van der Waals surface area contributed by atoms with Gasteiger partial charge in [-0.1, -0.05) is 18.9 Å². The average Bonchev–Trinajstić information content (AvgIpc) is 3.25. The Bertz CT molecular complexity index is 989. The highest BCUT2D eigenvalue weighted by Gasteiger charge is 2.23. The predicted molar refractivity (Wildman–Crippen MR) is 109 cm³/mol. The molecule has 1 aromatic carbocycles. The van der Waals surface area contributed by atoms with Crippen LogP contribution in [0.5, 0.6) is 0 Å². The number of primary amides is 1. The molecule has 29 heavy (non-hydrogen) atoms. The highest BCUT2D eigenvalue weighted by molar-refractivity contribution is 5.96. The number of aromatic nitrogens is 5. The number of hydrogen-bond acceptors (Lipinski definition) is 8. The molecule has 10 heteroatoms. The summed E-state index contributed by atoms with van der Waals surface area (Å²) in [4.78, 5) is 16.2. The maximum absolute atomic E-state index is 11.8. The number of anilines is 3. The van der Waals surface area contributed by atoms with Gasteiger partial charge in [-0.2, -0.15) is 10.1 Å². The number of rotatable bonds is 6. The average molecular weight is 393 g/mol. The first-order chi connectivity index (χ1) is 14.1. The lowest BCUT2D eigenvalue weighted by Gasteiger charge is -2.29. The molecule has 0 radical (unpaired) electrons. The summed E-state index contributed by atoms with van der Waals surface area (Å²) in [5.74, 6) is -0.170. The number of amides is 1. The normalized spacial score (nSPS) is 18.9. The Morgan fingerprint density at radius 1 is 1.17 bits per heavy atom. The zero-order valence-corrected chi connectivity index (χ0v) is 15.8. The van der Waals surface area contributed by atoms with E-state index in [1.54, 1.807) is 10.9 Å². The summed E-state index contributed by atoms with van der Waals surface area (Å²) in [6, 6.07) is 9.47. The van der Waals surface area contributed by atoms with E-state index in [4.69, 9.17) is 11.5 Å². The molecule has 1 amide bonds. The summed E-state index contributed by atoms with van der Waals surface area (Å²) in [7, 11) is 0. The van der Waals surface area contributed by atoms with Gasteiger partial charge in [0.15, 0.2) is 11.5 Å². The van der Waals surface area contributed by atoms with E-state index in [2.05, 4.69) is 30.9 Å². The summed E-state index contributed by atoms with van der Waals surface area (Å²) in [5.41, 5.74) is 13.2. The van der Waals surface area contributed by atoms with Gasteiger partial charge in [-0.05, 0) is 37.1 Å². The summed E-state index contributed by atoms with van der Waals surface area (Å²) in [5, 5.41) is 18.6. The van der Waals surface area contributed by atoms with E-state index < -0.39 is 5.91 Å². The number of nitrogens with zero attached hydrogens (tertiary/aromatic N) is 5. The molecule has 1 aliphatic carbocycles. The van der Waals surface area contributed by atoms with Crippen LogP contribution in [-0.2, 0) is 0 Å². The smallest absolute Gasteiger partial charge is 0.273 e. The van der Waals surface area contributed by atoms with Crippen molar-refractivity contribution in [2.45, 2.75) is 37.8 Å². The van der Waals surface area contributed by atoms with Crippen molar-refractivity contribution in [2.75, 3.05) is 10.6 Å². The van der Waals surface area contributed by atoms with Crippen molar-refractivity contribution in [3.05, 3.63) is 48.4 Å². The third kappa shape index (κ3) is 4.32. The first-order valence-corrected chi connectivity index (χ1v) is 9.54. The van der Waals surface area contributed by atoms with Crippen LogP contribution in [0.25, 0.3) is 5.69 Å². The molecule has 2 aromatic heterocycles. The number of nitrogens with one attached hydrogen (secondary N) is 2. The predicted octanol–water partition coefficient (Wildman–Crippen LogP) is 1.58. The first-order valence-electron chi connectivity index (χ1n) is 9.54. The minimum atomic E-state index is -0.711. The van der Waals surface area contributed by atoms with Gasteiger partial charge in [-0.15, -0.1) is 10.2 Å². The van der Waals surface area contributed by atoms with Crippen LogP contribution in [0.1, 0.15) is 36.2 Å². The van der Waals surface area contributed by atoms with Crippen LogP contribution < -0.4 is 22.1 Å². The molecule has 6 N–H and O–H groups in total. The van der Waals surface area contributed by atoms with Crippen molar-refractivity contribution in [1.29, 1.82) is 0 Å². The number of benzene rings is 1. The topological polar surface area (TPSA) is 150 Å². The lowest BCUT2D eigenvalue weighted by atomic mass is 9.91. The van der Waals surface area contributed by atoms with Crippen molar-refractivity contribution in [1.82, 2.24) is 25.0 Å². The van der Waals surface area contributed by atoms with Crippen LogP contribution in [0.15, 0.2) is 42.7 Å². The molecule has 0 bridgehead atoms. The van der Waals surface area contributed by atoms with Crippen LogP contribution in [0, 0.1) is 0 Å². The van der Waals surface area contributed by atoms with Crippen molar-refractivity contribution in [3.8, 4) is 5.69 Å². The lowest BCUT2D eigenvalue weighted by molar-refractivity contribution is 0.0995. The largest absolute Gasteiger partial charge is 0.364 e. The highest BCUT2D eigenvalue weighted by atomic mass is 16.1. The Kier molecular flexibility index (Phi) is 5.34. The fourth-order valence-electron chi connectivity index (χ4n) is 3.43. The minimum Gasteiger partial charge on any atom is -0.364 e. The SMILES string of the molecule is NC(=O)c1nnc(N[C@@H]2CCCC[C@@H]2N)nc1Nc1cccc(-n2cccn2)c1. The van der Waals surface area contributed by atoms with Gasteiger partial charge in [0.05, 0.1) is 5.69 Å². The molecule has 1 aliphatic rings. The second-order valence-electron chi connectivity index (χ2n) is 7.02. The van der Waals surface area contributed by atoms with Crippen LogP contribution in [-0.4, -0.2) is 43.0 Å². The van der Waals surface area contributed by atoms with Gasteiger partial charge in [-0.3, -0.25) is 4.79 Å². The lowest BCUT2D eigenvalue weighted by Crippen LogP contribution is -2.43. The molecule has 2 atom stereocenters. The molecule has 1 fully saturated rings. The standard InChI is InChI=1S/C19H23N9O/c20-14-7-1-2-8-15(14)24-19-25-18(16(17(21)29)26-27-19)23-12-5-3-6-13(11-12)28-10-4-9-22-28/h3-6,9-11,14-15H,1-2,7-8,20H2,(H2,21,29)(H2,23,24,25,27)/t14-,15+/m0/s1. The summed E-state index contributed by atoms with van der Waals surface area (Å²) in [6.07, 6.45) is 7.66. The van der Waals surface area contributed by atoms with Crippen LogP contribution in [0.4, 0.5) is 17.5 Å². The van der Waals surface area contributed by atoms with E-state index in [0.717, 1.165) is 31.4 Å². The van der Waals surface area contributed by atoms with Gasteiger partial charge >= 0.3 is 0 Å². The Morgan fingerprint density at radius 2 is 2.03 bits per heavy atom. The fourth-order valence-corrected chi connectivity index (χ4v) is 3.43. The van der Waals surface area contributed by atoms with Gasteiger partial charge in [0.2, 0.25) is 5.95 Å². The van der Waals surface area contributed by atoms with Crippen molar-refractivity contribution in [2.24, 2.45) is 11.5 Å². The zero-order chi connectivity index (χ0) is 20.2. The maximum Gasteiger partial charge on any atom is 0.273 e. The second-order valence-corrected chi connectivity index (χ2v) is 7.02. The van der Waals surface area contributed by atoms with E-state index in [0.29, 0.717) is 11.6 Å². The van der Waals surface area contributed by atoms with E-state index in [1.165, 1.54) is 0 Å². The summed E-state index contributed by atoms with van der Waals surface area (Å²) in [6.45, 7) is 0. The van der Waals surface area contributed by atoms with E-state index in [-0.39, 0.29) is 23.6 Å². The molecule has 150 valence electrons. The third-order valence-electron chi connectivity index (χ3n) is 4.93. The molecule has 0 saturated heterocycles. The molecule has 0 unspecified atom stereocenters. The summed E-state index contributed by atoms with van der Waals surface area (Å²) < 4.78 is 1.73. The molecule has 4 rings (SSSR count). The van der Waals surface area contributed by atoms with Gasteiger partial charge in [-0.25, -0.2) is 4.68 Å². The molecular weight excluding hydrogens is 370 g/mol. The fraction of sp³-hybridized carbons (Fsp3) is 0.316. The molecular formula is C19H23N9O. The van der Waals surface area contributed by atoms with E-state index >= 15 is 0 Å². The zero-order valence-electron chi connectivity index (χ0n) is 15.8. The molecule has 3 aromatic rings. The van der Waals surface area contributed by atoms with Gasteiger partial charge in [0.25, 0.3) is 5.91 Å². The molecule has 1 saturated carbocycles. The number of carbonyl (C=O) groups excluding carboxylic acids is 1. The number of nitrogens with two attached hydrogens (primary N) is 2. The third-order valence-corrected chi connectivity index (χ3v) is 4.93. The second kappa shape index (κ2) is 8.23. The first kappa shape index (κ1) is 18.8. The Labute approximate surface area is 167 Å². The quantitative estimate of drug-likeness (QED) is 0.493. The van der Waals surface area contributed by atoms with Crippen LogP contribution >= 0.6 is 0 Å². The van der Waals surface area contributed by atoms with E-state index in [1.807, 2.05) is 36.5 Å². The highest BCUT2D eigenvalue weighted by Crippen LogP contribution is 2.23. The Morgan fingerprint density at radius 3 is 2.79 bits per heavy atom. The van der Waals surface area contributed by atoms with Crippen molar-refractivity contribution < 1.29 is 4.79 Å². The van der Waals surface area contributed by atoms with Crippen LogP contribution in [0.2, 0.25) is 0 Å². The maximum atomic E-state index is 11.8. The summed E-state index contributed by atoms with van der Waals surface area (Å²) >= 11 is 0. The van der Waals surface area contributed by atoms with Gasteiger partial charge < -0.3 is 22.1 Å². The van der Waals surface area contributed by atoms with Crippen LogP contribution in [0.3, 0.4) is 0 Å². The van der Waals surface area contributed by atoms with Crippen molar-refractivity contribution in [3.63, 3.8) is 0 Å².